The number of aromatic amines is 1. The zero-order chi connectivity index (χ0) is 26.8. The topological polar surface area (TPSA) is 122 Å². The van der Waals surface area contributed by atoms with Gasteiger partial charge in [0.2, 0.25) is 5.91 Å². The van der Waals surface area contributed by atoms with Gasteiger partial charge in [-0.15, -0.1) is 0 Å². The fourth-order valence-electron chi connectivity index (χ4n) is 5.57. The molecule has 1 amide bonds. The number of fused-ring (bicyclic) bond motifs is 1. The minimum absolute atomic E-state index is 0.129. The van der Waals surface area contributed by atoms with Crippen molar-refractivity contribution in [3.8, 4) is 0 Å². The average Bonchev–Trinajstić information content (AvgIpc) is 3.55. The molecule has 1 aliphatic rings. The van der Waals surface area contributed by atoms with Gasteiger partial charge in [0.05, 0.1) is 6.33 Å². The molecule has 0 unspecified atom stereocenters. The molecule has 1 saturated carbocycles. The fraction of sp³-hybridized carbons (Fsp3) is 0.393. The third kappa shape index (κ3) is 5.23. The fourth-order valence-corrected chi connectivity index (χ4v) is 6.92. The summed E-state index contributed by atoms with van der Waals surface area (Å²) in [5.74, 6) is -0.386. The second kappa shape index (κ2) is 10.3. The van der Waals surface area contributed by atoms with E-state index < -0.39 is 15.6 Å². The van der Waals surface area contributed by atoms with E-state index in [2.05, 4.69) is 25.0 Å². The van der Waals surface area contributed by atoms with Crippen LogP contribution in [0.1, 0.15) is 50.3 Å². The molecule has 0 aliphatic heterocycles. The lowest BCUT2D eigenvalue weighted by atomic mass is 9.71. The van der Waals surface area contributed by atoms with Gasteiger partial charge >= 0.3 is 0 Å². The number of carbonyl (C=O) groups excluding carboxylic acids is 1. The number of rotatable bonds is 9. The highest BCUT2D eigenvalue weighted by Gasteiger charge is 2.42. The number of nitrogens with one attached hydrogen (secondary N) is 3. The van der Waals surface area contributed by atoms with Crippen LogP contribution in [0.25, 0.3) is 10.9 Å². The Kier molecular flexibility index (Phi) is 7.11. The Balaban J connectivity index is 1.46. The third-order valence-electron chi connectivity index (χ3n) is 7.64. The van der Waals surface area contributed by atoms with Gasteiger partial charge in [0.15, 0.2) is 5.03 Å². The Morgan fingerprint density at radius 3 is 2.58 bits per heavy atom. The van der Waals surface area contributed by atoms with Crippen LogP contribution in [0.3, 0.4) is 0 Å². The Morgan fingerprint density at radius 2 is 1.87 bits per heavy atom. The largest absolute Gasteiger partial charge is 0.361 e. The molecule has 1 aromatic carbocycles. The maximum atomic E-state index is 14.0. The Hall–Kier alpha value is -3.50. The molecular weight excluding hydrogens is 500 g/mol. The molecule has 3 N–H and O–H groups in total. The van der Waals surface area contributed by atoms with Crippen molar-refractivity contribution >= 4 is 26.8 Å². The third-order valence-corrected chi connectivity index (χ3v) is 9.12. The minimum atomic E-state index is -4.07. The second-order valence-corrected chi connectivity index (χ2v) is 12.2. The summed E-state index contributed by atoms with van der Waals surface area (Å²) in [4.78, 5) is 25.8. The van der Waals surface area contributed by atoms with Crippen LogP contribution in [0, 0.1) is 0 Å². The van der Waals surface area contributed by atoms with Crippen molar-refractivity contribution < 1.29 is 13.2 Å². The normalized spacial score (nSPS) is 17.2. The number of carbonyl (C=O) groups is 1. The Morgan fingerprint density at radius 1 is 1.11 bits per heavy atom. The predicted octanol–water partition coefficient (Wildman–Crippen LogP) is 3.59. The number of hydrogen-bond acceptors (Lipinski definition) is 5. The minimum Gasteiger partial charge on any atom is -0.361 e. The van der Waals surface area contributed by atoms with Crippen molar-refractivity contribution in [1.29, 1.82) is 0 Å². The molecule has 0 spiro atoms. The number of imidazole rings is 1. The second-order valence-electron chi connectivity index (χ2n) is 10.6. The molecule has 4 aromatic rings. The zero-order valence-corrected chi connectivity index (χ0v) is 22.6. The maximum absolute atomic E-state index is 14.0. The van der Waals surface area contributed by atoms with E-state index in [1.165, 1.54) is 12.5 Å². The van der Waals surface area contributed by atoms with Crippen LogP contribution in [0.15, 0.2) is 72.4 Å². The van der Waals surface area contributed by atoms with E-state index in [-0.39, 0.29) is 22.8 Å². The van der Waals surface area contributed by atoms with Crippen molar-refractivity contribution in [1.82, 2.24) is 29.6 Å². The molecule has 38 heavy (non-hydrogen) atoms. The van der Waals surface area contributed by atoms with Crippen LogP contribution >= 0.6 is 0 Å². The van der Waals surface area contributed by atoms with E-state index in [0.29, 0.717) is 6.54 Å². The van der Waals surface area contributed by atoms with Gasteiger partial charge in [-0.3, -0.25) is 9.78 Å². The average molecular weight is 535 g/mol. The van der Waals surface area contributed by atoms with E-state index in [0.717, 1.165) is 54.3 Å². The lowest BCUT2D eigenvalue weighted by molar-refractivity contribution is -0.126. The zero-order valence-electron chi connectivity index (χ0n) is 21.8. The molecule has 1 atom stereocenters. The highest BCUT2D eigenvalue weighted by atomic mass is 32.2. The van der Waals surface area contributed by atoms with E-state index in [1.54, 1.807) is 24.7 Å². The molecule has 200 valence electrons. The first-order valence-electron chi connectivity index (χ1n) is 13.0. The highest BCUT2D eigenvalue weighted by Crippen LogP contribution is 2.38. The van der Waals surface area contributed by atoms with Crippen LogP contribution in [0.5, 0.6) is 0 Å². The lowest BCUT2D eigenvalue weighted by Crippen LogP contribution is -2.59. The van der Waals surface area contributed by atoms with E-state index in [1.807, 2.05) is 48.7 Å². The Bertz CT molecular complexity index is 1520. The predicted molar refractivity (Wildman–Crippen MR) is 146 cm³/mol. The van der Waals surface area contributed by atoms with Gasteiger partial charge in [0, 0.05) is 60.6 Å². The van der Waals surface area contributed by atoms with Crippen molar-refractivity contribution in [2.24, 2.45) is 7.05 Å². The summed E-state index contributed by atoms with van der Waals surface area (Å²) in [6.45, 7) is 2.02. The SMILES string of the molecule is Cn1cnc(S(=O)(=O)N[C@@](C)(Cc2c[nH]c3ccccc23)C(=O)NCC2(c3ccccn3)CCCCC2)c1. The molecule has 3 aromatic heterocycles. The first kappa shape index (κ1) is 26.1. The molecule has 9 nitrogen and oxygen atoms in total. The molecule has 3 heterocycles. The van der Waals surface area contributed by atoms with Gasteiger partial charge in [0.1, 0.15) is 5.54 Å². The van der Waals surface area contributed by atoms with Crippen molar-refractivity contribution in [2.45, 2.75) is 61.4 Å². The Labute approximate surface area is 223 Å². The molecule has 0 radical (unpaired) electrons. The summed E-state index contributed by atoms with van der Waals surface area (Å²) in [6, 6.07) is 13.7. The number of H-pyrrole nitrogens is 1. The first-order valence-corrected chi connectivity index (χ1v) is 14.5. The summed E-state index contributed by atoms with van der Waals surface area (Å²) in [6.07, 6.45) is 11.7. The number of hydrogen-bond donors (Lipinski definition) is 3. The van der Waals surface area contributed by atoms with Gasteiger partial charge in [-0.25, -0.2) is 13.4 Å². The monoisotopic (exact) mass is 534 g/mol. The highest BCUT2D eigenvalue weighted by molar-refractivity contribution is 7.89. The van der Waals surface area contributed by atoms with Crippen LogP contribution in [-0.2, 0) is 33.7 Å². The smallest absolute Gasteiger partial charge is 0.260 e. The molecule has 1 fully saturated rings. The first-order chi connectivity index (χ1) is 18.2. The number of amides is 1. The number of sulfonamides is 1. The molecular formula is C28H34N6O3S. The summed E-state index contributed by atoms with van der Waals surface area (Å²) in [5, 5.41) is 3.95. The van der Waals surface area contributed by atoms with Gasteiger partial charge < -0.3 is 14.9 Å². The lowest BCUT2D eigenvalue weighted by Gasteiger charge is -2.38. The van der Waals surface area contributed by atoms with Gasteiger partial charge in [-0.1, -0.05) is 43.5 Å². The van der Waals surface area contributed by atoms with E-state index >= 15 is 0 Å². The number of aryl methyl sites for hydroxylation is 1. The molecule has 5 rings (SSSR count). The van der Waals surface area contributed by atoms with Crippen LogP contribution in [0.2, 0.25) is 0 Å². The molecule has 0 bridgehead atoms. The van der Waals surface area contributed by atoms with Crippen LogP contribution in [-0.4, -0.2) is 45.9 Å². The summed E-state index contributed by atoms with van der Waals surface area (Å²) in [5.41, 5.74) is 0.985. The summed E-state index contributed by atoms with van der Waals surface area (Å²) < 4.78 is 31.0. The van der Waals surface area contributed by atoms with Crippen molar-refractivity contribution in [2.75, 3.05) is 6.54 Å². The van der Waals surface area contributed by atoms with Gasteiger partial charge in [-0.2, -0.15) is 4.72 Å². The number of benzene rings is 1. The van der Waals surface area contributed by atoms with Crippen LogP contribution < -0.4 is 10.0 Å². The van der Waals surface area contributed by atoms with Crippen molar-refractivity contribution in [3.05, 3.63) is 78.6 Å². The summed E-state index contributed by atoms with van der Waals surface area (Å²) >= 11 is 0. The van der Waals surface area contributed by atoms with E-state index in [9.17, 15) is 13.2 Å². The number of para-hydroxylation sites is 1. The van der Waals surface area contributed by atoms with Crippen LogP contribution in [0.4, 0.5) is 0 Å². The summed E-state index contributed by atoms with van der Waals surface area (Å²) in [7, 11) is -2.37. The van der Waals surface area contributed by atoms with E-state index in [4.69, 9.17) is 0 Å². The molecule has 0 saturated heterocycles. The molecule has 10 heteroatoms. The number of nitrogens with zero attached hydrogens (tertiary/aromatic N) is 3. The quantitative estimate of drug-likeness (QED) is 0.303. The van der Waals surface area contributed by atoms with Gasteiger partial charge in [-0.05, 0) is 43.5 Å². The standard InChI is InChI=1S/C28H34N6O3S/c1-27(33-38(36,37)25-18-34(2)20-32-25,16-21-17-30-23-11-5-4-10-22(21)23)26(35)31-19-28(13-7-3-8-14-28)24-12-6-9-15-29-24/h4-6,9-12,15,17-18,20,30,33H,3,7-8,13-14,16,19H2,1-2H3,(H,31,35)/t27-/m0/s1. The number of aromatic nitrogens is 4. The number of pyridine rings is 1. The molecule has 1 aliphatic carbocycles. The van der Waals surface area contributed by atoms with Crippen molar-refractivity contribution in [3.63, 3.8) is 0 Å². The van der Waals surface area contributed by atoms with Gasteiger partial charge in [0.25, 0.3) is 10.0 Å². The maximum Gasteiger partial charge on any atom is 0.260 e.